The molecule has 0 saturated carbocycles. The van der Waals surface area contributed by atoms with Crippen molar-refractivity contribution < 1.29 is 67.8 Å². The van der Waals surface area contributed by atoms with E-state index in [4.69, 9.17) is 5.73 Å². The molecule has 1 fully saturated rings. The maximum atomic E-state index is 14.6. The Bertz CT molecular complexity index is 2200. The van der Waals surface area contributed by atoms with Crippen LogP contribution in [0.1, 0.15) is 45.6 Å². The molecule has 64 heavy (non-hydrogen) atoms. The summed E-state index contributed by atoms with van der Waals surface area (Å²) >= 11 is 0. The maximum Gasteiger partial charge on any atom is 0.246 e. The van der Waals surface area contributed by atoms with Crippen LogP contribution < -0.4 is 43.0 Å². The first-order chi connectivity index (χ1) is 30.2. The number of carbonyl (C=O) groups excluding carboxylic acids is 9. The van der Waals surface area contributed by atoms with E-state index in [9.17, 15) is 67.8 Å². The van der Waals surface area contributed by atoms with Gasteiger partial charge in [-0.05, 0) is 23.6 Å². The van der Waals surface area contributed by atoms with Crippen LogP contribution in [0.5, 0.6) is 5.75 Å². The van der Waals surface area contributed by atoms with Crippen LogP contribution >= 0.6 is 0 Å². The van der Waals surface area contributed by atoms with Gasteiger partial charge in [-0.2, -0.15) is 0 Å². The zero-order valence-corrected chi connectivity index (χ0v) is 36.0. The number of phenols is 1. The number of aliphatic hydroxyl groups excluding tert-OH is 3. The van der Waals surface area contributed by atoms with E-state index < -0.39 is 176 Å². The van der Waals surface area contributed by atoms with Gasteiger partial charge < -0.3 is 73.3 Å². The number of benzene rings is 1. The zero-order valence-electron chi connectivity index (χ0n) is 35.2. The number of amides is 9. The summed E-state index contributed by atoms with van der Waals surface area (Å²) in [5.74, 6) is -12.1. The summed E-state index contributed by atoms with van der Waals surface area (Å²) in [7, 11) is -2.38. The van der Waals surface area contributed by atoms with Crippen LogP contribution in [0.25, 0.3) is 10.9 Å². The van der Waals surface area contributed by atoms with Gasteiger partial charge in [0.1, 0.15) is 47.0 Å². The highest BCUT2D eigenvalue weighted by Gasteiger charge is 2.45. The van der Waals surface area contributed by atoms with Gasteiger partial charge in [0.05, 0.1) is 60.4 Å². The molecule has 3 aliphatic rings. The Hall–Kier alpha value is -6.18. The molecule has 24 nitrogen and oxygen atoms in total. The Balaban J connectivity index is 1.73. The second kappa shape index (κ2) is 21.0. The third-order valence-corrected chi connectivity index (χ3v) is 13.0. The summed E-state index contributed by atoms with van der Waals surface area (Å²) in [6.45, 7) is 1.76. The first kappa shape index (κ1) is 48.8. The van der Waals surface area contributed by atoms with Crippen LogP contribution in [-0.2, 0) is 60.4 Å². The molecule has 4 heterocycles. The fourth-order valence-corrected chi connectivity index (χ4v) is 9.10. The minimum Gasteiger partial charge on any atom is -0.508 e. The number of hydrogen-bond acceptors (Lipinski definition) is 14. The largest absolute Gasteiger partial charge is 0.508 e. The number of phenolic OH excluding ortho intramolecular Hbond substituents is 1. The zero-order chi connectivity index (χ0) is 47.2. The van der Waals surface area contributed by atoms with Crippen LogP contribution in [0.15, 0.2) is 23.2 Å². The predicted molar refractivity (Wildman–Crippen MR) is 222 cm³/mol. The molecule has 1 aromatic carbocycles. The van der Waals surface area contributed by atoms with Gasteiger partial charge in [0.15, 0.2) is 0 Å². The van der Waals surface area contributed by atoms with E-state index in [2.05, 4.69) is 42.2 Å². The predicted octanol–water partition coefficient (Wildman–Crippen LogP) is -5.92. The number of aliphatic hydroxyl groups is 3. The summed E-state index contributed by atoms with van der Waals surface area (Å²) in [6, 6.07) is -5.99. The molecular formula is C39H54N10O14S. The lowest BCUT2D eigenvalue weighted by atomic mass is 9.93. The summed E-state index contributed by atoms with van der Waals surface area (Å²) < 4.78 is 14.6. The Morgan fingerprint density at radius 3 is 2.20 bits per heavy atom. The van der Waals surface area contributed by atoms with Gasteiger partial charge in [-0.3, -0.25) is 47.4 Å². The van der Waals surface area contributed by atoms with E-state index in [1.54, 1.807) is 13.8 Å². The molecule has 0 spiro atoms. The van der Waals surface area contributed by atoms with E-state index in [0.717, 1.165) is 4.90 Å². The second-order valence-corrected chi connectivity index (χ2v) is 17.6. The molecule has 0 unspecified atom stereocenters. The van der Waals surface area contributed by atoms with Crippen LogP contribution in [0.4, 0.5) is 0 Å². The number of H-pyrrole nitrogens is 1. The number of nitrogens with zero attached hydrogens (tertiary/aromatic N) is 1. The average molecular weight is 919 g/mol. The topological polar surface area (TPSA) is 381 Å². The van der Waals surface area contributed by atoms with Crippen molar-refractivity contribution >= 4 is 74.9 Å². The molecule has 350 valence electrons. The third kappa shape index (κ3) is 11.5. The van der Waals surface area contributed by atoms with Crippen LogP contribution in [0.2, 0.25) is 0 Å². The highest BCUT2D eigenvalue weighted by molar-refractivity contribution is 7.85. The lowest BCUT2D eigenvalue weighted by Crippen LogP contribution is -2.62. The van der Waals surface area contributed by atoms with Gasteiger partial charge in [0.2, 0.25) is 53.2 Å². The normalized spacial score (nSPS) is 28.5. The first-order valence-corrected chi connectivity index (χ1v) is 21.9. The molecule has 2 aromatic rings. The number of nitrogens with one attached hydrogen (secondary N) is 8. The molecule has 0 aliphatic carbocycles. The summed E-state index contributed by atoms with van der Waals surface area (Å²) in [5, 5.41) is 58.8. The van der Waals surface area contributed by atoms with E-state index in [-0.39, 0.29) is 27.2 Å². The number of aromatic nitrogens is 1. The van der Waals surface area contributed by atoms with Gasteiger partial charge in [-0.25, -0.2) is 0 Å². The summed E-state index contributed by atoms with van der Waals surface area (Å²) in [5.41, 5.74) is 5.73. The second-order valence-electron chi connectivity index (χ2n) is 16.1. The number of aromatic hydroxyl groups is 1. The molecule has 1 saturated heterocycles. The summed E-state index contributed by atoms with van der Waals surface area (Å²) in [6.07, 6.45) is -4.42. The molecule has 5 rings (SSSR count). The van der Waals surface area contributed by atoms with Crippen molar-refractivity contribution in [3.05, 3.63) is 23.8 Å². The van der Waals surface area contributed by atoms with Gasteiger partial charge in [0.25, 0.3) is 0 Å². The minimum atomic E-state index is -2.38. The van der Waals surface area contributed by atoms with Crippen molar-refractivity contribution in [2.45, 2.75) is 99.9 Å². The molecule has 2 bridgehead atoms. The Morgan fingerprint density at radius 1 is 0.875 bits per heavy atom. The fraction of sp³-hybridized carbons (Fsp3) is 0.564. The van der Waals surface area contributed by atoms with Crippen molar-refractivity contribution in [1.82, 2.24) is 47.1 Å². The molecule has 11 atom stereocenters. The average Bonchev–Trinajstić information content (AvgIpc) is 3.82. The fourth-order valence-electron chi connectivity index (χ4n) is 7.70. The highest BCUT2D eigenvalue weighted by Crippen LogP contribution is 2.30. The number of hydrogen-bond donors (Lipinski definition) is 13. The van der Waals surface area contributed by atoms with E-state index in [1.165, 1.54) is 25.1 Å². The van der Waals surface area contributed by atoms with E-state index >= 15 is 0 Å². The smallest absolute Gasteiger partial charge is 0.246 e. The Kier molecular flexibility index (Phi) is 16.0. The van der Waals surface area contributed by atoms with E-state index in [0.29, 0.717) is 6.42 Å². The van der Waals surface area contributed by atoms with Crippen molar-refractivity contribution in [3.63, 3.8) is 0 Å². The molecule has 3 aliphatic heterocycles. The molecule has 9 amide bonds. The number of primary amides is 1. The number of rotatable bonds is 7. The van der Waals surface area contributed by atoms with E-state index in [1.807, 2.05) is 0 Å². The van der Waals surface area contributed by atoms with Gasteiger partial charge >= 0.3 is 0 Å². The third-order valence-electron chi connectivity index (χ3n) is 11.5. The van der Waals surface area contributed by atoms with Crippen molar-refractivity contribution in [2.75, 3.05) is 32.0 Å². The number of carbonyl (C=O) groups is 9. The number of aromatic amines is 1. The van der Waals surface area contributed by atoms with Gasteiger partial charge in [0, 0.05) is 36.8 Å². The molecule has 1 aromatic heterocycles. The quantitative estimate of drug-likeness (QED) is 0.123. The Morgan fingerprint density at radius 2 is 1.55 bits per heavy atom. The number of fused-ring (bicyclic) bond motifs is 5. The lowest BCUT2D eigenvalue weighted by Gasteiger charge is -2.32. The summed E-state index contributed by atoms with van der Waals surface area (Å²) in [4.78, 5) is 127. The van der Waals surface area contributed by atoms with Crippen LogP contribution in [-0.4, -0.2) is 168 Å². The van der Waals surface area contributed by atoms with Crippen LogP contribution in [0, 0.1) is 11.8 Å². The molecule has 14 N–H and O–H groups in total. The standard InChI is InChI=1S/C39H54N10O14S/c1-4-16(2)31-36(60)42-11-29(55)43-25-15-64(63)38-21(20-6-5-18(51)7-22(20)46-38)9-23(33(57)41-12-30(56)47-31)44-37(61)32(17(3)27(53)14-50)48-35(59)26-8-19(52)13-49(26)39(62)24(10-28(40)54)45-34(25)58/h5-7,16-17,19,23-27,31-32,46,50-53H,4,8-15H2,1-3H3,(H2,40,54)(H,41,57)(H,42,60)(H,43,55)(H,44,61)(H,45,58)(H,47,56)(H,48,59)/t16-,17-,19+,23-,24-,25-,26-,27-,31-,32-,64-/m0/s1. The number of nitrogens with two attached hydrogens (primary N) is 1. The van der Waals surface area contributed by atoms with Crippen molar-refractivity contribution in [2.24, 2.45) is 17.6 Å². The molecular weight excluding hydrogens is 865 g/mol. The maximum absolute atomic E-state index is 14.6. The minimum absolute atomic E-state index is 0.0800. The van der Waals surface area contributed by atoms with Crippen LogP contribution in [0.3, 0.4) is 0 Å². The van der Waals surface area contributed by atoms with Gasteiger partial charge in [-0.1, -0.05) is 27.2 Å². The lowest BCUT2D eigenvalue weighted by molar-refractivity contribution is -0.144. The SMILES string of the molecule is CC[C@H](C)[C@@H]1NC(=O)CNC(=O)[C@@H]2Cc3c([nH]c4cc(O)ccc34)[S@@](=O)C[C@H](NC(=O)CNC1=O)C(=O)N[C@@H](CC(N)=O)C(=O)N1C[C@H](O)C[C@H]1C(=O)N[C@@H]([C@@H](C)[C@@H](O)CO)C(=O)N2. The molecule has 0 radical (unpaired) electrons. The molecule has 25 heteroatoms. The first-order valence-electron chi connectivity index (χ1n) is 20.6. The van der Waals surface area contributed by atoms with Crippen molar-refractivity contribution in [1.29, 1.82) is 0 Å². The highest BCUT2D eigenvalue weighted by atomic mass is 32.2. The Labute approximate surface area is 368 Å². The van der Waals surface area contributed by atoms with Gasteiger partial charge in [-0.15, -0.1) is 0 Å². The monoisotopic (exact) mass is 918 g/mol. The van der Waals surface area contributed by atoms with Crippen molar-refractivity contribution in [3.8, 4) is 5.75 Å².